The lowest BCUT2D eigenvalue weighted by atomic mass is 9.67. The van der Waals surface area contributed by atoms with Gasteiger partial charge in [-0.1, -0.05) is 40.2 Å². The van der Waals surface area contributed by atoms with E-state index in [2.05, 4.69) is 101 Å². The molecule has 1 saturated heterocycles. The van der Waals surface area contributed by atoms with Crippen molar-refractivity contribution < 1.29 is 0 Å². The highest BCUT2D eigenvalue weighted by Crippen LogP contribution is 2.39. The summed E-state index contributed by atoms with van der Waals surface area (Å²) in [5.74, 6) is 1.09. The van der Waals surface area contributed by atoms with Gasteiger partial charge in [0.25, 0.3) is 0 Å². The molecule has 0 saturated carbocycles. The third kappa shape index (κ3) is 6.92. The molecule has 0 amide bonds. The average Bonchev–Trinajstić information content (AvgIpc) is 2.89. The zero-order valence-corrected chi connectivity index (χ0v) is 25.7. The number of aromatic nitrogens is 3. The third-order valence-electron chi connectivity index (χ3n) is 8.22. The normalized spacial score (nSPS) is 19.5. The number of nitrogens with one attached hydrogen (secondary N) is 1. The van der Waals surface area contributed by atoms with Gasteiger partial charge in [-0.2, -0.15) is 10.4 Å². The molecule has 0 spiro atoms. The van der Waals surface area contributed by atoms with Crippen molar-refractivity contribution in [3.05, 3.63) is 64.5 Å². The van der Waals surface area contributed by atoms with E-state index in [9.17, 15) is 5.26 Å². The molecule has 0 aliphatic carbocycles. The second kappa shape index (κ2) is 12.4. The van der Waals surface area contributed by atoms with Gasteiger partial charge in [0.15, 0.2) is 0 Å². The summed E-state index contributed by atoms with van der Waals surface area (Å²) >= 11 is 0. The fraction of sp³-hybridized carbons (Fsp3) is 0.529. The van der Waals surface area contributed by atoms with Crippen molar-refractivity contribution in [2.24, 2.45) is 11.8 Å². The average molecular weight is 526 g/mol. The van der Waals surface area contributed by atoms with E-state index in [1.54, 1.807) is 0 Å². The van der Waals surface area contributed by atoms with E-state index in [4.69, 9.17) is 4.98 Å². The minimum absolute atomic E-state index is 0.0887. The predicted octanol–water partition coefficient (Wildman–Crippen LogP) is 8.02. The molecule has 1 aromatic carbocycles. The molecule has 5 nitrogen and oxygen atoms in total. The Balaban J connectivity index is 0.00000205. The molecule has 1 fully saturated rings. The summed E-state index contributed by atoms with van der Waals surface area (Å²) in [6, 6.07) is 12.8. The van der Waals surface area contributed by atoms with Crippen molar-refractivity contribution in [3.8, 4) is 28.6 Å². The molecule has 0 bridgehead atoms. The molecule has 3 heterocycles. The first kappa shape index (κ1) is 30.4. The van der Waals surface area contributed by atoms with Crippen molar-refractivity contribution >= 4 is 0 Å². The van der Waals surface area contributed by atoms with Crippen LogP contribution in [0.3, 0.4) is 0 Å². The fourth-order valence-electron chi connectivity index (χ4n) is 6.24. The summed E-state index contributed by atoms with van der Waals surface area (Å²) in [7, 11) is 0. The third-order valence-corrected chi connectivity index (χ3v) is 8.22. The van der Waals surface area contributed by atoms with E-state index in [-0.39, 0.29) is 11.1 Å². The van der Waals surface area contributed by atoms with Crippen molar-refractivity contribution in [2.45, 2.75) is 106 Å². The Morgan fingerprint density at radius 3 is 2.28 bits per heavy atom. The minimum Gasteiger partial charge on any atom is -0.307 e. The number of benzene rings is 1. The Hall–Kier alpha value is -3.10. The maximum absolute atomic E-state index is 9.70. The van der Waals surface area contributed by atoms with Crippen molar-refractivity contribution in [1.82, 2.24) is 20.5 Å². The number of pyridine rings is 1. The van der Waals surface area contributed by atoms with Crippen molar-refractivity contribution in [1.29, 1.82) is 5.26 Å². The summed E-state index contributed by atoms with van der Waals surface area (Å²) < 4.78 is 0. The molecule has 2 aromatic heterocycles. The van der Waals surface area contributed by atoms with Crippen LogP contribution < -0.4 is 5.32 Å². The van der Waals surface area contributed by atoms with Gasteiger partial charge >= 0.3 is 0 Å². The molecule has 208 valence electrons. The Kier molecular flexibility index (Phi) is 9.67. The number of nitrogens with zero attached hydrogens (tertiary/aromatic N) is 4. The van der Waals surface area contributed by atoms with Crippen LogP contribution in [0.25, 0.3) is 22.5 Å². The molecule has 39 heavy (non-hydrogen) atoms. The lowest BCUT2D eigenvalue weighted by Crippen LogP contribution is -2.62. The minimum atomic E-state index is 0.0887. The largest absolute Gasteiger partial charge is 0.307 e. The molecule has 5 heteroatoms. The molecule has 1 aliphatic rings. The van der Waals surface area contributed by atoms with Crippen molar-refractivity contribution in [2.75, 3.05) is 0 Å². The lowest BCUT2D eigenvalue weighted by Gasteiger charge is -2.51. The van der Waals surface area contributed by atoms with Gasteiger partial charge in [-0.25, -0.2) is 0 Å². The summed E-state index contributed by atoms with van der Waals surface area (Å²) in [4.78, 5) is 4.77. The standard InChI is InChI=1S/C32H41N5.C2H6/c1-9-10-28-20(2)13-23(15-25(28)18-33)26-14-21(3)30(34-19-26)29-12-11-27(35-36-29)16-24-17-31(5,6)37-32(7,8)22(24)4;1-2/h11-15,19,22,24,37H,9-10,16-17H2,1-8H3;1-2H3/t22-,24?;/m0./s1. The number of hydrogen-bond donors (Lipinski definition) is 1. The summed E-state index contributed by atoms with van der Waals surface area (Å²) in [5, 5.41) is 22.7. The van der Waals surface area contributed by atoms with E-state index in [1.807, 2.05) is 26.1 Å². The first-order valence-corrected chi connectivity index (χ1v) is 14.6. The van der Waals surface area contributed by atoms with Gasteiger partial charge in [0, 0.05) is 22.8 Å². The van der Waals surface area contributed by atoms with Crippen LogP contribution in [0.4, 0.5) is 0 Å². The predicted molar refractivity (Wildman–Crippen MR) is 162 cm³/mol. The summed E-state index contributed by atoms with van der Waals surface area (Å²) in [5.41, 5.74) is 9.03. The van der Waals surface area contributed by atoms with Crippen LogP contribution in [0.5, 0.6) is 0 Å². The molecule has 0 radical (unpaired) electrons. The van der Waals surface area contributed by atoms with Gasteiger partial charge in [-0.05, 0) is 119 Å². The quantitative estimate of drug-likeness (QED) is 0.353. The van der Waals surface area contributed by atoms with Gasteiger partial charge in [0.05, 0.1) is 23.0 Å². The first-order chi connectivity index (χ1) is 18.4. The molecule has 2 atom stereocenters. The molecule has 1 unspecified atom stereocenters. The maximum atomic E-state index is 9.70. The van der Waals surface area contributed by atoms with Gasteiger partial charge < -0.3 is 5.32 Å². The van der Waals surface area contributed by atoms with E-state index in [1.165, 1.54) is 0 Å². The number of hydrogen-bond acceptors (Lipinski definition) is 5. The smallest absolute Gasteiger partial charge is 0.112 e. The van der Waals surface area contributed by atoms with Crippen LogP contribution in [0.1, 0.15) is 96.2 Å². The zero-order chi connectivity index (χ0) is 29.0. The summed E-state index contributed by atoms with van der Waals surface area (Å²) in [6.45, 7) is 21.8. The van der Waals surface area contributed by atoms with Crippen molar-refractivity contribution in [3.63, 3.8) is 0 Å². The van der Waals surface area contributed by atoms with Crippen LogP contribution in [0, 0.1) is 37.0 Å². The number of nitriles is 1. The van der Waals surface area contributed by atoms with Crippen LogP contribution in [0.2, 0.25) is 0 Å². The lowest BCUT2D eigenvalue weighted by molar-refractivity contribution is 0.0636. The number of piperidine rings is 1. The monoisotopic (exact) mass is 525 g/mol. The molecular weight excluding hydrogens is 478 g/mol. The molecule has 3 aromatic rings. The molecule has 1 N–H and O–H groups in total. The second-order valence-corrected chi connectivity index (χ2v) is 12.2. The van der Waals surface area contributed by atoms with Gasteiger partial charge in [-0.3, -0.25) is 4.98 Å². The van der Waals surface area contributed by atoms with E-state index in [0.717, 1.165) is 76.1 Å². The molecule has 1 aliphatic heterocycles. The highest BCUT2D eigenvalue weighted by atomic mass is 15.1. The van der Waals surface area contributed by atoms with E-state index in [0.29, 0.717) is 11.8 Å². The maximum Gasteiger partial charge on any atom is 0.112 e. The number of rotatable bonds is 6. The Morgan fingerprint density at radius 1 is 1.00 bits per heavy atom. The molecular formula is C34H47N5. The Bertz CT molecular complexity index is 1310. The van der Waals surface area contributed by atoms with E-state index < -0.39 is 0 Å². The van der Waals surface area contributed by atoms with Gasteiger partial charge in [0.1, 0.15) is 5.69 Å². The number of aryl methyl sites for hydroxylation is 2. The second-order valence-electron chi connectivity index (χ2n) is 12.2. The molecule has 4 rings (SSSR count). The van der Waals surface area contributed by atoms with Crippen LogP contribution in [0.15, 0.2) is 36.5 Å². The zero-order valence-electron chi connectivity index (χ0n) is 25.7. The highest BCUT2D eigenvalue weighted by Gasteiger charge is 2.43. The first-order valence-electron chi connectivity index (χ1n) is 14.6. The topological polar surface area (TPSA) is 74.5 Å². The van der Waals surface area contributed by atoms with Gasteiger partial charge in [-0.15, -0.1) is 5.10 Å². The van der Waals surface area contributed by atoms with Crippen LogP contribution >= 0.6 is 0 Å². The van der Waals surface area contributed by atoms with E-state index >= 15 is 0 Å². The highest BCUT2D eigenvalue weighted by molar-refractivity contribution is 5.70. The van der Waals surface area contributed by atoms with Gasteiger partial charge in [0.2, 0.25) is 0 Å². The van der Waals surface area contributed by atoms with Crippen LogP contribution in [-0.4, -0.2) is 26.3 Å². The SMILES string of the molecule is CC.CCCc1c(C)cc(-c2cnc(-c3ccc(CC4CC(C)(C)NC(C)(C)[C@H]4C)nn3)c(C)c2)cc1C#N. The van der Waals surface area contributed by atoms with Crippen LogP contribution in [-0.2, 0) is 12.8 Å². The summed E-state index contributed by atoms with van der Waals surface area (Å²) in [6.07, 6.45) is 5.88. The Morgan fingerprint density at radius 2 is 1.69 bits per heavy atom. The Labute approximate surface area is 236 Å². The fourth-order valence-corrected chi connectivity index (χ4v) is 6.24.